The van der Waals surface area contributed by atoms with E-state index < -0.39 is 0 Å². The lowest BCUT2D eigenvalue weighted by Crippen LogP contribution is -2.36. The average Bonchev–Trinajstić information content (AvgIpc) is 3.03. The Morgan fingerprint density at radius 3 is 2.39 bits per heavy atom. The second kappa shape index (κ2) is 7.09. The second-order valence-electron chi connectivity index (χ2n) is 6.27. The molecule has 6 nitrogen and oxygen atoms in total. The number of nitrogens with one attached hydrogen (secondary N) is 2. The molecule has 0 saturated carbocycles. The van der Waals surface area contributed by atoms with Crippen LogP contribution in [-0.4, -0.2) is 23.3 Å². The van der Waals surface area contributed by atoms with Crippen LogP contribution in [0, 0.1) is 0 Å². The molecule has 122 valence electrons. The predicted octanol–water partition coefficient (Wildman–Crippen LogP) is 2.02. The third kappa shape index (κ3) is 4.95. The highest BCUT2D eigenvalue weighted by Crippen LogP contribution is 2.22. The molecule has 6 heteroatoms. The van der Waals surface area contributed by atoms with E-state index in [1.807, 2.05) is 12.1 Å². The van der Waals surface area contributed by atoms with Crippen LogP contribution in [0.5, 0.6) is 0 Å². The summed E-state index contributed by atoms with van der Waals surface area (Å²) in [6, 6.07) is 7.39. The maximum Gasteiger partial charge on any atom is 0.251 e. The molecule has 2 N–H and O–H groups in total. The smallest absolute Gasteiger partial charge is 0.251 e. The summed E-state index contributed by atoms with van der Waals surface area (Å²) < 4.78 is 4.80. The molecule has 0 bridgehead atoms. The van der Waals surface area contributed by atoms with Crippen molar-refractivity contribution in [1.82, 2.24) is 15.6 Å². The topological polar surface area (TPSA) is 84.2 Å². The summed E-state index contributed by atoms with van der Waals surface area (Å²) in [6.45, 7) is 6.52. The molecule has 2 amide bonds. The quantitative estimate of drug-likeness (QED) is 0.884. The van der Waals surface area contributed by atoms with Gasteiger partial charge in [0, 0.05) is 5.56 Å². The largest absolute Gasteiger partial charge is 0.451 e. The third-order valence-corrected chi connectivity index (χ3v) is 3.37. The summed E-state index contributed by atoms with van der Waals surface area (Å²) in [4.78, 5) is 27.6. The lowest BCUT2D eigenvalue weighted by molar-refractivity contribution is -0.120. The van der Waals surface area contributed by atoms with E-state index >= 15 is 0 Å². The summed E-state index contributed by atoms with van der Waals surface area (Å²) in [7, 11) is 0. The van der Waals surface area contributed by atoms with Crippen LogP contribution in [0.4, 0.5) is 0 Å². The Bertz CT molecular complexity index is 655. The van der Waals surface area contributed by atoms with Gasteiger partial charge in [0.15, 0.2) is 6.39 Å². The Kier molecular flexibility index (Phi) is 5.16. The first kappa shape index (κ1) is 16.7. The molecule has 0 saturated heterocycles. The summed E-state index contributed by atoms with van der Waals surface area (Å²) in [5.74, 6) is -0.560. The van der Waals surface area contributed by atoms with Crippen LogP contribution in [-0.2, 0) is 16.8 Å². The van der Waals surface area contributed by atoms with Crippen LogP contribution in [0.3, 0.4) is 0 Å². The summed E-state index contributed by atoms with van der Waals surface area (Å²) in [5, 5.41) is 5.24. The number of aromatic nitrogens is 1. The number of amides is 2. The normalized spacial score (nSPS) is 11.1. The van der Waals surface area contributed by atoms with Gasteiger partial charge < -0.3 is 15.1 Å². The number of benzene rings is 1. The van der Waals surface area contributed by atoms with Crippen LogP contribution in [0.2, 0.25) is 0 Å². The third-order valence-electron chi connectivity index (χ3n) is 3.37. The van der Waals surface area contributed by atoms with Crippen molar-refractivity contribution in [3.8, 4) is 0 Å². The Morgan fingerprint density at radius 2 is 1.83 bits per heavy atom. The molecule has 1 heterocycles. The fraction of sp³-hybridized carbons (Fsp3) is 0.353. The first-order valence-electron chi connectivity index (χ1n) is 7.39. The van der Waals surface area contributed by atoms with Gasteiger partial charge in [-0.05, 0) is 23.1 Å². The van der Waals surface area contributed by atoms with Gasteiger partial charge in [0.2, 0.25) is 5.91 Å². The van der Waals surface area contributed by atoms with Gasteiger partial charge in [-0.1, -0.05) is 32.9 Å². The minimum atomic E-state index is -0.285. The van der Waals surface area contributed by atoms with E-state index in [1.54, 1.807) is 12.1 Å². The molecular formula is C17H21N3O3. The Hall–Kier alpha value is -2.63. The molecule has 1 aromatic carbocycles. The summed E-state index contributed by atoms with van der Waals surface area (Å²) >= 11 is 0. The average molecular weight is 315 g/mol. The molecule has 1 aromatic heterocycles. The van der Waals surface area contributed by atoms with Crippen LogP contribution < -0.4 is 10.6 Å². The van der Waals surface area contributed by atoms with Gasteiger partial charge in [-0.3, -0.25) is 9.59 Å². The molecule has 0 unspecified atom stereocenters. The maximum absolute atomic E-state index is 12.0. The number of rotatable bonds is 5. The van der Waals surface area contributed by atoms with Crippen molar-refractivity contribution in [2.45, 2.75) is 32.7 Å². The van der Waals surface area contributed by atoms with Gasteiger partial charge in [-0.2, -0.15) is 0 Å². The van der Waals surface area contributed by atoms with Gasteiger partial charge >= 0.3 is 0 Å². The highest BCUT2D eigenvalue weighted by atomic mass is 16.3. The maximum atomic E-state index is 12.0. The number of hydrogen-bond acceptors (Lipinski definition) is 4. The number of carbonyl (C=O) groups is 2. The van der Waals surface area contributed by atoms with Crippen LogP contribution in [0.15, 0.2) is 41.3 Å². The molecule has 0 radical (unpaired) electrons. The van der Waals surface area contributed by atoms with Gasteiger partial charge in [-0.25, -0.2) is 4.98 Å². The van der Waals surface area contributed by atoms with E-state index in [9.17, 15) is 9.59 Å². The van der Waals surface area contributed by atoms with Gasteiger partial charge in [0.1, 0.15) is 6.26 Å². The molecular weight excluding hydrogens is 294 g/mol. The molecule has 2 aromatic rings. The van der Waals surface area contributed by atoms with Crippen LogP contribution >= 0.6 is 0 Å². The Morgan fingerprint density at radius 1 is 1.13 bits per heavy atom. The Balaban J connectivity index is 1.81. The standard InChI is InChI=1S/C17H21N3O3/c1-17(2,3)13-6-4-12(5-7-13)16(22)19-9-15(21)18-8-14-10-23-11-20-14/h4-7,10-11H,8-9H2,1-3H3,(H,18,21)(H,19,22). The van der Waals surface area contributed by atoms with Crippen molar-refractivity contribution in [3.63, 3.8) is 0 Å². The second-order valence-corrected chi connectivity index (χ2v) is 6.27. The predicted molar refractivity (Wildman–Crippen MR) is 85.8 cm³/mol. The SMILES string of the molecule is CC(C)(C)c1ccc(C(=O)NCC(=O)NCc2cocn2)cc1. The van der Waals surface area contributed by atoms with Crippen molar-refractivity contribution in [1.29, 1.82) is 0 Å². The fourth-order valence-electron chi connectivity index (χ4n) is 1.96. The molecule has 0 aliphatic heterocycles. The van der Waals surface area contributed by atoms with E-state index in [0.717, 1.165) is 5.56 Å². The molecule has 0 spiro atoms. The van der Waals surface area contributed by atoms with Crippen molar-refractivity contribution < 1.29 is 14.0 Å². The molecule has 0 atom stereocenters. The van der Waals surface area contributed by atoms with E-state index in [-0.39, 0.29) is 30.3 Å². The lowest BCUT2D eigenvalue weighted by atomic mass is 9.87. The zero-order chi connectivity index (χ0) is 16.9. The number of oxazole rings is 1. The van der Waals surface area contributed by atoms with Crippen molar-refractivity contribution in [3.05, 3.63) is 53.7 Å². The van der Waals surface area contributed by atoms with E-state index in [2.05, 4.69) is 36.4 Å². The highest BCUT2D eigenvalue weighted by molar-refractivity contribution is 5.96. The Labute approximate surface area is 135 Å². The fourth-order valence-corrected chi connectivity index (χ4v) is 1.96. The monoisotopic (exact) mass is 315 g/mol. The van der Waals surface area contributed by atoms with E-state index in [4.69, 9.17) is 4.42 Å². The minimum absolute atomic E-state index is 0.0377. The molecule has 2 rings (SSSR count). The molecule has 0 aliphatic rings. The number of nitrogens with zero attached hydrogens (tertiary/aromatic N) is 1. The van der Waals surface area contributed by atoms with Gasteiger partial charge in [0.05, 0.1) is 18.8 Å². The molecule has 23 heavy (non-hydrogen) atoms. The van der Waals surface area contributed by atoms with Crippen molar-refractivity contribution in [2.75, 3.05) is 6.54 Å². The van der Waals surface area contributed by atoms with E-state index in [0.29, 0.717) is 11.3 Å². The van der Waals surface area contributed by atoms with Crippen LogP contribution in [0.1, 0.15) is 42.4 Å². The molecule has 0 fully saturated rings. The van der Waals surface area contributed by atoms with Crippen molar-refractivity contribution >= 4 is 11.8 Å². The number of carbonyl (C=O) groups excluding carboxylic acids is 2. The lowest BCUT2D eigenvalue weighted by Gasteiger charge is -2.19. The zero-order valence-electron chi connectivity index (χ0n) is 13.6. The van der Waals surface area contributed by atoms with Gasteiger partial charge in [0.25, 0.3) is 5.91 Å². The van der Waals surface area contributed by atoms with Crippen molar-refractivity contribution in [2.24, 2.45) is 0 Å². The molecule has 0 aliphatic carbocycles. The first-order chi connectivity index (χ1) is 10.9. The van der Waals surface area contributed by atoms with Crippen LogP contribution in [0.25, 0.3) is 0 Å². The zero-order valence-corrected chi connectivity index (χ0v) is 13.6. The summed E-state index contributed by atoms with van der Waals surface area (Å²) in [5.41, 5.74) is 2.35. The minimum Gasteiger partial charge on any atom is -0.451 e. The van der Waals surface area contributed by atoms with E-state index in [1.165, 1.54) is 12.7 Å². The highest BCUT2D eigenvalue weighted by Gasteiger charge is 2.14. The summed E-state index contributed by atoms with van der Waals surface area (Å²) in [6.07, 6.45) is 2.75. The number of hydrogen-bond donors (Lipinski definition) is 2. The van der Waals surface area contributed by atoms with Gasteiger partial charge in [-0.15, -0.1) is 0 Å². The first-order valence-corrected chi connectivity index (χ1v) is 7.39.